The van der Waals surface area contributed by atoms with Crippen molar-refractivity contribution in [2.75, 3.05) is 11.9 Å². The van der Waals surface area contributed by atoms with Crippen LogP contribution >= 0.6 is 11.3 Å². The number of benzene rings is 1. The molecule has 0 radical (unpaired) electrons. The highest BCUT2D eigenvalue weighted by Gasteiger charge is 2.25. The van der Waals surface area contributed by atoms with Gasteiger partial charge in [0.1, 0.15) is 17.3 Å². The third-order valence-electron chi connectivity index (χ3n) is 3.79. The molecule has 0 saturated heterocycles. The van der Waals surface area contributed by atoms with E-state index in [4.69, 9.17) is 5.10 Å². The summed E-state index contributed by atoms with van der Waals surface area (Å²) in [6.07, 6.45) is 0.833. The van der Waals surface area contributed by atoms with Gasteiger partial charge in [0.25, 0.3) is 0 Å². The molecular formula is C16H14FN3S. The lowest BCUT2D eigenvalue weighted by Crippen LogP contribution is -2.24. The van der Waals surface area contributed by atoms with Gasteiger partial charge in [-0.15, -0.1) is 11.3 Å². The van der Waals surface area contributed by atoms with Crippen molar-refractivity contribution in [3.8, 4) is 10.6 Å². The van der Waals surface area contributed by atoms with E-state index in [1.165, 1.54) is 6.07 Å². The first-order chi connectivity index (χ1) is 10.3. The summed E-state index contributed by atoms with van der Waals surface area (Å²) in [5, 5.41) is 10.1. The lowest BCUT2D eigenvalue weighted by molar-refractivity contribution is 0.460. The van der Waals surface area contributed by atoms with Gasteiger partial charge < -0.3 is 5.32 Å². The van der Waals surface area contributed by atoms with Gasteiger partial charge in [0.15, 0.2) is 0 Å². The van der Waals surface area contributed by atoms with Crippen molar-refractivity contribution in [3.63, 3.8) is 0 Å². The number of nitrogens with zero attached hydrogens (tertiary/aromatic N) is 2. The summed E-state index contributed by atoms with van der Waals surface area (Å²) >= 11 is 1.66. The number of anilines is 1. The lowest BCUT2D eigenvalue weighted by atomic mass is 10.0. The quantitative estimate of drug-likeness (QED) is 0.770. The number of nitrogens with one attached hydrogen (secondary N) is 1. The number of thiophene rings is 1. The monoisotopic (exact) mass is 299 g/mol. The Hall–Kier alpha value is -2.14. The number of hydrogen-bond donors (Lipinski definition) is 1. The Morgan fingerprint density at radius 3 is 2.95 bits per heavy atom. The van der Waals surface area contributed by atoms with E-state index in [9.17, 15) is 4.39 Å². The van der Waals surface area contributed by atoms with Crippen molar-refractivity contribution >= 4 is 17.2 Å². The lowest BCUT2D eigenvalue weighted by Gasteiger charge is -2.26. The van der Waals surface area contributed by atoms with Gasteiger partial charge in [-0.1, -0.05) is 24.3 Å². The average molecular weight is 299 g/mol. The highest BCUT2D eigenvalue weighted by Crippen LogP contribution is 2.34. The maximum atomic E-state index is 14.1. The zero-order chi connectivity index (χ0) is 14.2. The Balaban J connectivity index is 1.80. The van der Waals surface area contributed by atoms with Gasteiger partial charge in [0.05, 0.1) is 10.9 Å². The normalized spacial score (nSPS) is 17.3. The van der Waals surface area contributed by atoms with Gasteiger partial charge in [0.2, 0.25) is 0 Å². The molecule has 3 heterocycles. The number of aromatic nitrogens is 2. The van der Waals surface area contributed by atoms with Gasteiger partial charge >= 0.3 is 0 Å². The Morgan fingerprint density at radius 1 is 1.24 bits per heavy atom. The van der Waals surface area contributed by atoms with Crippen LogP contribution in [0.3, 0.4) is 0 Å². The maximum Gasteiger partial charge on any atom is 0.128 e. The van der Waals surface area contributed by atoms with Crippen LogP contribution in [0.25, 0.3) is 10.6 Å². The van der Waals surface area contributed by atoms with Crippen LogP contribution in [0.2, 0.25) is 0 Å². The smallest absolute Gasteiger partial charge is 0.128 e. The Labute approximate surface area is 126 Å². The molecule has 2 aromatic heterocycles. The van der Waals surface area contributed by atoms with Gasteiger partial charge in [-0.3, -0.25) is 0 Å². The van der Waals surface area contributed by atoms with Crippen molar-refractivity contribution in [3.05, 3.63) is 59.2 Å². The van der Waals surface area contributed by atoms with Crippen LogP contribution < -0.4 is 5.32 Å². The molecule has 21 heavy (non-hydrogen) atoms. The van der Waals surface area contributed by atoms with Crippen LogP contribution in [-0.2, 0) is 0 Å². The minimum absolute atomic E-state index is 0.0452. The van der Waals surface area contributed by atoms with E-state index in [1.807, 2.05) is 34.3 Å². The average Bonchev–Trinajstić information content (AvgIpc) is 3.16. The topological polar surface area (TPSA) is 29.9 Å². The zero-order valence-electron chi connectivity index (χ0n) is 11.3. The standard InChI is InChI=1S/C16H14FN3S/c17-12-5-2-1-4-11(12)14-7-8-18-16-10-13(19-20(14)16)15-6-3-9-21-15/h1-6,9-10,14,18H,7-8H2. The van der Waals surface area contributed by atoms with Gasteiger partial charge in [0, 0.05) is 18.2 Å². The molecule has 0 saturated carbocycles. The van der Waals surface area contributed by atoms with Crippen molar-refractivity contribution in [2.45, 2.75) is 12.5 Å². The molecule has 5 heteroatoms. The second kappa shape index (κ2) is 5.00. The van der Waals surface area contributed by atoms with Crippen LogP contribution in [-0.4, -0.2) is 16.3 Å². The van der Waals surface area contributed by atoms with Crippen LogP contribution in [0.4, 0.5) is 10.2 Å². The Kier molecular flexibility index (Phi) is 3.00. The summed E-state index contributed by atoms with van der Waals surface area (Å²) in [7, 11) is 0. The molecule has 1 unspecified atom stereocenters. The Morgan fingerprint density at radius 2 is 2.14 bits per heavy atom. The fraction of sp³-hybridized carbons (Fsp3) is 0.188. The molecule has 3 nitrogen and oxygen atoms in total. The third kappa shape index (κ3) is 2.14. The SMILES string of the molecule is Fc1ccccc1C1CCNc2cc(-c3cccs3)nn21. The zero-order valence-corrected chi connectivity index (χ0v) is 12.1. The van der Waals surface area contributed by atoms with Crippen LogP contribution in [0, 0.1) is 5.82 Å². The molecule has 1 aliphatic heterocycles. The van der Waals surface area contributed by atoms with Crippen LogP contribution in [0.15, 0.2) is 47.8 Å². The van der Waals surface area contributed by atoms with Crippen molar-refractivity contribution in [2.24, 2.45) is 0 Å². The third-order valence-corrected chi connectivity index (χ3v) is 4.69. The predicted octanol–water partition coefficient (Wildman–Crippen LogP) is 4.16. The van der Waals surface area contributed by atoms with Crippen LogP contribution in [0.5, 0.6) is 0 Å². The minimum atomic E-state index is -0.163. The van der Waals surface area contributed by atoms with E-state index in [1.54, 1.807) is 17.4 Å². The van der Waals surface area contributed by atoms with E-state index in [0.717, 1.165) is 29.4 Å². The summed E-state index contributed by atoms with van der Waals surface area (Å²) < 4.78 is 16.0. The predicted molar refractivity (Wildman–Crippen MR) is 83.2 cm³/mol. The largest absolute Gasteiger partial charge is 0.370 e. The molecule has 1 atom stereocenters. The molecule has 1 aliphatic rings. The van der Waals surface area contributed by atoms with Gasteiger partial charge in [-0.25, -0.2) is 9.07 Å². The highest BCUT2D eigenvalue weighted by atomic mass is 32.1. The highest BCUT2D eigenvalue weighted by molar-refractivity contribution is 7.13. The van der Waals surface area contributed by atoms with Gasteiger partial charge in [-0.05, 0) is 23.9 Å². The molecule has 3 aromatic rings. The fourth-order valence-electron chi connectivity index (χ4n) is 2.80. The molecule has 0 spiro atoms. The van der Waals surface area contributed by atoms with Crippen molar-refractivity contribution in [1.82, 2.24) is 9.78 Å². The van der Waals surface area contributed by atoms with E-state index >= 15 is 0 Å². The molecule has 0 aliphatic carbocycles. The fourth-order valence-corrected chi connectivity index (χ4v) is 3.48. The molecule has 106 valence electrons. The first-order valence-electron chi connectivity index (χ1n) is 6.94. The van der Waals surface area contributed by atoms with E-state index in [2.05, 4.69) is 11.4 Å². The maximum absolute atomic E-state index is 14.1. The molecule has 0 fully saturated rings. The Bertz CT molecular complexity index is 764. The molecule has 1 N–H and O–H groups in total. The van der Waals surface area contributed by atoms with Crippen molar-refractivity contribution in [1.29, 1.82) is 0 Å². The van der Waals surface area contributed by atoms with Crippen molar-refractivity contribution < 1.29 is 4.39 Å². The second-order valence-electron chi connectivity index (χ2n) is 5.09. The van der Waals surface area contributed by atoms with E-state index < -0.39 is 0 Å². The van der Waals surface area contributed by atoms with Crippen LogP contribution in [0.1, 0.15) is 18.0 Å². The minimum Gasteiger partial charge on any atom is -0.370 e. The first kappa shape index (κ1) is 12.6. The number of halogens is 1. The molecular weight excluding hydrogens is 285 g/mol. The molecule has 0 amide bonds. The second-order valence-corrected chi connectivity index (χ2v) is 6.04. The number of rotatable bonds is 2. The van der Waals surface area contributed by atoms with E-state index in [0.29, 0.717) is 5.56 Å². The number of fused-ring (bicyclic) bond motifs is 1. The molecule has 0 bridgehead atoms. The van der Waals surface area contributed by atoms with Gasteiger partial charge in [-0.2, -0.15) is 5.10 Å². The van der Waals surface area contributed by atoms with E-state index in [-0.39, 0.29) is 11.9 Å². The number of hydrogen-bond acceptors (Lipinski definition) is 3. The summed E-state index contributed by atoms with van der Waals surface area (Å²) in [4.78, 5) is 1.13. The molecule has 4 rings (SSSR count). The summed E-state index contributed by atoms with van der Waals surface area (Å²) in [6.45, 7) is 0.828. The summed E-state index contributed by atoms with van der Waals surface area (Å²) in [5.74, 6) is 0.793. The first-order valence-corrected chi connectivity index (χ1v) is 7.82. The molecule has 1 aromatic carbocycles. The summed E-state index contributed by atoms with van der Waals surface area (Å²) in [5.41, 5.74) is 1.65. The summed E-state index contributed by atoms with van der Waals surface area (Å²) in [6, 6.07) is 13.0.